The summed E-state index contributed by atoms with van der Waals surface area (Å²) in [5, 5.41) is 28.8. The number of nitrogens with zero attached hydrogens (tertiary/aromatic N) is 3. The summed E-state index contributed by atoms with van der Waals surface area (Å²) in [5.41, 5.74) is 11.3. The van der Waals surface area contributed by atoms with Gasteiger partial charge in [0.2, 0.25) is 0 Å². The summed E-state index contributed by atoms with van der Waals surface area (Å²) in [4.78, 5) is 10.3. The molecule has 3 aromatic rings. The third-order valence-electron chi connectivity index (χ3n) is 5.26. The average Bonchev–Trinajstić information content (AvgIpc) is 3.50. The zero-order valence-electron chi connectivity index (χ0n) is 21.9. The third kappa shape index (κ3) is 8.00. The van der Waals surface area contributed by atoms with Gasteiger partial charge < -0.3 is 21.0 Å². The molecule has 194 valence electrons. The Hall–Kier alpha value is -3.56. The molecule has 0 saturated carbocycles. The molecule has 9 heteroatoms. The first-order valence-corrected chi connectivity index (χ1v) is 12.2. The molecule has 0 atom stereocenters. The maximum absolute atomic E-state index is 10.5. The van der Waals surface area contributed by atoms with Gasteiger partial charge in [-0.25, -0.2) is 0 Å². The molecule has 2 aromatic carbocycles. The van der Waals surface area contributed by atoms with Crippen molar-refractivity contribution in [3.63, 3.8) is 0 Å². The summed E-state index contributed by atoms with van der Waals surface area (Å²) in [7, 11) is 4.57. The van der Waals surface area contributed by atoms with Crippen molar-refractivity contribution in [3.05, 3.63) is 64.8 Å². The lowest BCUT2D eigenvalue weighted by Gasteiger charge is -2.06. The fraction of sp³-hybridized carbons (Fsp3) is 0.333. The Morgan fingerprint density at radius 2 is 1.83 bits per heavy atom. The molecule has 0 bridgehead atoms. The number of carbonyl (C=O) groups is 1. The number of anilines is 1. The SMILES string of the molecule is CC.CN/N=C(\C)c1nn(C)c(-c2ccc3c(c2)CCC3)c1O.CO.O=Cc1cccc(NC=S)c1. The minimum Gasteiger partial charge on any atom is -0.504 e. The molecular weight excluding hydrogens is 474 g/mol. The number of rotatable bonds is 6. The highest BCUT2D eigenvalue weighted by Crippen LogP contribution is 2.34. The molecule has 1 aliphatic rings. The largest absolute Gasteiger partial charge is 0.504 e. The van der Waals surface area contributed by atoms with E-state index in [0.29, 0.717) is 17.0 Å². The minimum absolute atomic E-state index is 0.187. The van der Waals surface area contributed by atoms with Gasteiger partial charge in [-0.15, -0.1) is 0 Å². The number of aromatic nitrogens is 2. The van der Waals surface area contributed by atoms with Crippen LogP contribution in [0.2, 0.25) is 0 Å². The summed E-state index contributed by atoms with van der Waals surface area (Å²) in [6.07, 6.45) is 4.30. The first kappa shape index (κ1) is 30.5. The predicted octanol–water partition coefficient (Wildman–Crippen LogP) is 4.73. The van der Waals surface area contributed by atoms with E-state index in [9.17, 15) is 9.90 Å². The Balaban J connectivity index is 0.000000366. The van der Waals surface area contributed by atoms with E-state index in [-0.39, 0.29) is 5.75 Å². The van der Waals surface area contributed by atoms with Gasteiger partial charge in [0.25, 0.3) is 0 Å². The van der Waals surface area contributed by atoms with Crippen LogP contribution >= 0.6 is 12.2 Å². The Kier molecular flexibility index (Phi) is 13.7. The number of nitrogens with one attached hydrogen (secondary N) is 2. The quantitative estimate of drug-likeness (QED) is 0.164. The number of aliphatic hydroxyl groups excluding tert-OH is 1. The molecule has 0 saturated heterocycles. The van der Waals surface area contributed by atoms with Gasteiger partial charge in [-0.05, 0) is 55.5 Å². The Labute approximate surface area is 219 Å². The first-order chi connectivity index (χ1) is 17.5. The lowest BCUT2D eigenvalue weighted by molar-refractivity contribution is 0.112. The number of aliphatic hydroxyl groups is 1. The molecule has 0 spiro atoms. The second-order valence-corrected chi connectivity index (χ2v) is 7.67. The molecule has 36 heavy (non-hydrogen) atoms. The highest BCUT2D eigenvalue weighted by Gasteiger charge is 2.20. The van der Waals surface area contributed by atoms with Crippen LogP contribution in [0, 0.1) is 0 Å². The van der Waals surface area contributed by atoms with E-state index in [4.69, 9.17) is 5.11 Å². The third-order valence-corrected chi connectivity index (χ3v) is 5.38. The number of fused-ring (bicyclic) bond motifs is 1. The van der Waals surface area contributed by atoms with Gasteiger partial charge >= 0.3 is 0 Å². The van der Waals surface area contributed by atoms with E-state index in [1.807, 2.05) is 33.9 Å². The number of hydrogen-bond acceptors (Lipinski definition) is 7. The van der Waals surface area contributed by atoms with Crippen molar-refractivity contribution in [1.29, 1.82) is 0 Å². The summed E-state index contributed by atoms with van der Waals surface area (Å²) >= 11 is 4.59. The molecular formula is C27H37N5O3S. The smallest absolute Gasteiger partial charge is 0.171 e. The zero-order valence-corrected chi connectivity index (χ0v) is 22.7. The molecule has 0 unspecified atom stereocenters. The van der Waals surface area contributed by atoms with Gasteiger partial charge in [0, 0.05) is 38.0 Å². The number of aldehydes is 1. The van der Waals surface area contributed by atoms with Crippen LogP contribution in [0.15, 0.2) is 47.6 Å². The van der Waals surface area contributed by atoms with Gasteiger partial charge in [0.05, 0.1) is 11.2 Å². The number of benzene rings is 2. The van der Waals surface area contributed by atoms with Crippen molar-refractivity contribution in [2.24, 2.45) is 12.1 Å². The van der Waals surface area contributed by atoms with Gasteiger partial charge in [-0.2, -0.15) is 10.2 Å². The van der Waals surface area contributed by atoms with E-state index in [1.54, 1.807) is 29.9 Å². The van der Waals surface area contributed by atoms with Crippen molar-refractivity contribution in [2.45, 2.75) is 40.0 Å². The van der Waals surface area contributed by atoms with Crippen LogP contribution in [0.4, 0.5) is 5.69 Å². The summed E-state index contributed by atoms with van der Waals surface area (Å²) < 4.78 is 1.72. The molecule has 0 radical (unpaired) electrons. The number of aromatic hydroxyl groups is 1. The van der Waals surface area contributed by atoms with Crippen molar-refractivity contribution in [1.82, 2.24) is 15.2 Å². The molecule has 0 amide bonds. The monoisotopic (exact) mass is 511 g/mol. The van der Waals surface area contributed by atoms with Crippen LogP contribution in [0.3, 0.4) is 0 Å². The van der Waals surface area contributed by atoms with Gasteiger partial charge in [-0.3, -0.25) is 9.48 Å². The lowest BCUT2D eigenvalue weighted by atomic mass is 10.0. The average molecular weight is 512 g/mol. The van der Waals surface area contributed by atoms with E-state index in [1.165, 1.54) is 23.0 Å². The summed E-state index contributed by atoms with van der Waals surface area (Å²) in [6.45, 7) is 5.82. The molecule has 1 aliphatic carbocycles. The van der Waals surface area contributed by atoms with Crippen molar-refractivity contribution >= 4 is 35.4 Å². The number of hydrogen-bond donors (Lipinski definition) is 4. The van der Waals surface area contributed by atoms with Crippen LogP contribution in [-0.4, -0.2) is 51.6 Å². The fourth-order valence-electron chi connectivity index (χ4n) is 3.79. The van der Waals surface area contributed by atoms with Crippen LogP contribution in [-0.2, 0) is 19.9 Å². The highest BCUT2D eigenvalue weighted by molar-refractivity contribution is 7.79. The first-order valence-electron chi connectivity index (χ1n) is 11.8. The molecule has 0 fully saturated rings. The summed E-state index contributed by atoms with van der Waals surface area (Å²) in [6, 6.07) is 13.5. The second kappa shape index (κ2) is 16.2. The minimum atomic E-state index is 0.187. The van der Waals surface area contributed by atoms with Gasteiger partial charge in [-0.1, -0.05) is 50.3 Å². The molecule has 1 heterocycles. The molecule has 0 aliphatic heterocycles. The van der Waals surface area contributed by atoms with E-state index in [0.717, 1.165) is 43.2 Å². The van der Waals surface area contributed by atoms with E-state index in [2.05, 4.69) is 51.4 Å². The Morgan fingerprint density at radius 1 is 1.14 bits per heavy atom. The molecule has 1 aromatic heterocycles. The fourth-order valence-corrected chi connectivity index (χ4v) is 3.93. The Morgan fingerprint density at radius 3 is 2.47 bits per heavy atom. The normalized spacial score (nSPS) is 11.4. The second-order valence-electron chi connectivity index (χ2n) is 7.43. The maximum atomic E-state index is 10.5. The molecule has 8 nitrogen and oxygen atoms in total. The maximum Gasteiger partial charge on any atom is 0.171 e. The lowest BCUT2D eigenvalue weighted by Crippen LogP contribution is -2.04. The number of hydrazone groups is 1. The van der Waals surface area contributed by atoms with Crippen LogP contribution in [0.25, 0.3) is 11.3 Å². The number of carbonyl (C=O) groups excluding carboxylic acids is 1. The van der Waals surface area contributed by atoms with Crippen molar-refractivity contribution < 1.29 is 15.0 Å². The Bertz CT molecular complexity index is 1160. The van der Waals surface area contributed by atoms with Crippen LogP contribution < -0.4 is 10.7 Å². The molecule has 4 N–H and O–H groups in total. The van der Waals surface area contributed by atoms with E-state index < -0.39 is 0 Å². The van der Waals surface area contributed by atoms with Crippen LogP contribution in [0.5, 0.6) is 5.75 Å². The zero-order chi connectivity index (χ0) is 27.1. The van der Waals surface area contributed by atoms with Crippen molar-refractivity contribution in [2.75, 3.05) is 19.5 Å². The summed E-state index contributed by atoms with van der Waals surface area (Å²) in [5.74, 6) is 0.187. The van der Waals surface area contributed by atoms with Crippen molar-refractivity contribution in [3.8, 4) is 17.0 Å². The predicted molar refractivity (Wildman–Crippen MR) is 152 cm³/mol. The standard InChI is InChI=1S/C16H20N4O.C8H7NOS.C2H6.CH4O/c1-10(18-17-2)14-16(21)15(20(3)19-14)13-8-7-11-5-4-6-12(11)9-13;10-5-7-2-1-3-8(4-7)9-6-11;2*1-2/h7-9,17,21H,4-6H2,1-3H3;1-6H,(H,9,11);1-2H3;2H,1H3/b18-10+;;;. The van der Waals surface area contributed by atoms with E-state index >= 15 is 0 Å². The molecule has 4 rings (SSSR count). The van der Waals surface area contributed by atoms with Crippen LogP contribution in [0.1, 0.15) is 54.4 Å². The van der Waals surface area contributed by atoms with Gasteiger partial charge in [0.1, 0.15) is 12.0 Å². The number of thiocarbonyl (C=S) groups is 1. The number of aryl methyl sites for hydroxylation is 3. The van der Waals surface area contributed by atoms with Gasteiger partial charge in [0.15, 0.2) is 11.4 Å². The highest BCUT2D eigenvalue weighted by atomic mass is 32.1. The topological polar surface area (TPSA) is 112 Å².